The molecule has 0 aromatic heterocycles. The minimum atomic E-state index is -3.10. The topological polar surface area (TPSA) is 128 Å². The minimum Gasteiger partial charge on any atom is -0.356 e. The van der Waals surface area contributed by atoms with Crippen LogP contribution in [0.15, 0.2) is 0 Å². The number of alkyl halides is 4. The zero-order valence-electron chi connectivity index (χ0n) is 22.3. The van der Waals surface area contributed by atoms with E-state index >= 15 is 0 Å². The van der Waals surface area contributed by atoms with Crippen molar-refractivity contribution in [1.82, 2.24) is 26.0 Å². The maximum Gasteiger partial charge on any atom is 0.291 e. The number of hydrogen-bond acceptors (Lipinski definition) is 5. The molecule has 218 valence electrons. The van der Waals surface area contributed by atoms with E-state index in [-0.39, 0.29) is 36.2 Å². The Bertz CT molecular complexity index is 1060. The van der Waals surface area contributed by atoms with Crippen LogP contribution in [0.2, 0.25) is 0 Å². The molecule has 10 nitrogen and oxygen atoms in total. The first-order chi connectivity index (χ1) is 18.1. The molecule has 4 rings (SSSR count). The van der Waals surface area contributed by atoms with Crippen LogP contribution >= 0.6 is 11.6 Å². The zero-order valence-corrected chi connectivity index (χ0v) is 23.1. The first kappa shape index (κ1) is 29.4. The van der Waals surface area contributed by atoms with Crippen LogP contribution in [-0.4, -0.2) is 82.7 Å². The second-order valence-electron chi connectivity index (χ2n) is 11.8. The fraction of sp³-hybridized carbons (Fsp3) is 0.800. The first-order valence-electron chi connectivity index (χ1n) is 13.3. The van der Waals surface area contributed by atoms with Crippen LogP contribution in [0.25, 0.3) is 0 Å². The van der Waals surface area contributed by atoms with Crippen molar-refractivity contribution in [3.05, 3.63) is 0 Å². The molecule has 2 aliphatic carbocycles. The lowest BCUT2D eigenvalue weighted by atomic mass is 9.95. The summed E-state index contributed by atoms with van der Waals surface area (Å²) in [5.74, 6) is -9.86. The van der Waals surface area contributed by atoms with Gasteiger partial charge in [-0.1, -0.05) is 45.7 Å². The van der Waals surface area contributed by atoms with Crippen LogP contribution < -0.4 is 16.1 Å². The Labute approximate surface area is 229 Å². The number of carbonyl (C=O) groups is 5. The molecule has 39 heavy (non-hydrogen) atoms. The molecule has 14 heteroatoms. The number of hydrazine groups is 1. The van der Waals surface area contributed by atoms with E-state index in [4.69, 9.17) is 11.6 Å². The molecule has 0 aromatic carbocycles. The van der Waals surface area contributed by atoms with Crippen LogP contribution in [0.5, 0.6) is 0 Å². The highest BCUT2D eigenvalue weighted by Gasteiger charge is 2.70. The van der Waals surface area contributed by atoms with Gasteiger partial charge in [0.25, 0.3) is 23.4 Å². The van der Waals surface area contributed by atoms with E-state index in [1.807, 2.05) is 13.8 Å². The van der Waals surface area contributed by atoms with Gasteiger partial charge in [-0.15, -0.1) is 0 Å². The van der Waals surface area contributed by atoms with Crippen LogP contribution in [0.3, 0.4) is 0 Å². The van der Waals surface area contributed by atoms with Gasteiger partial charge in [0, 0.05) is 19.5 Å². The van der Waals surface area contributed by atoms with Gasteiger partial charge in [-0.3, -0.25) is 29.4 Å². The summed E-state index contributed by atoms with van der Waals surface area (Å²) in [6.45, 7) is 7.64. The summed E-state index contributed by atoms with van der Waals surface area (Å²) in [7, 11) is 0. The summed E-state index contributed by atoms with van der Waals surface area (Å²) in [6.07, 6.45) is 0.256. The highest BCUT2D eigenvalue weighted by atomic mass is 35.5. The first-order valence-corrected chi connectivity index (χ1v) is 13.7. The number of halogens is 4. The Morgan fingerprint density at radius 1 is 1.23 bits per heavy atom. The van der Waals surface area contributed by atoms with E-state index in [9.17, 15) is 37.1 Å². The molecule has 2 saturated carbocycles. The molecule has 2 aliphatic heterocycles. The number of likely N-dealkylation sites (tertiary alicyclic amines) is 1. The molecule has 8 atom stereocenters. The average Bonchev–Trinajstić information content (AvgIpc) is 3.42. The van der Waals surface area contributed by atoms with Gasteiger partial charge in [-0.2, -0.15) is 0 Å². The summed E-state index contributed by atoms with van der Waals surface area (Å²) in [4.78, 5) is 65.7. The van der Waals surface area contributed by atoms with Crippen molar-refractivity contribution >= 4 is 41.1 Å². The standard InChI is InChI=1S/C25H35ClF3N5O5/c1-5-11(2)16(31-20(36)13-8-25(13,28)29)22(38)33-10-14-15(24(14,3)4)17(33)21(37)32-34(23(39)18(26)27)9-12-6-7-30-19(12)35/h11-18H,5-10H2,1-4H3,(H,30,35)(H,31,36)(H,32,37)/t11-,12-,13?,14-,15-,16-,17-,18+/m0/s1. The SMILES string of the molecule is CC[C@H](C)[C@H](NC(=O)C1CC1(F)F)C(=O)N1C[C@H]2[C@@H]([C@H]1C(=O)NN(C[C@@H]1CCNC1=O)C(=O)[C@@H](F)Cl)C2(C)C. The van der Waals surface area contributed by atoms with Gasteiger partial charge in [-0.25, -0.2) is 18.2 Å². The fourth-order valence-corrected chi connectivity index (χ4v) is 6.09. The van der Waals surface area contributed by atoms with Gasteiger partial charge in [-0.05, 0) is 29.6 Å². The molecule has 2 heterocycles. The minimum absolute atomic E-state index is 0.0510. The second kappa shape index (κ2) is 10.4. The number of rotatable bonds is 9. The molecular weight excluding hydrogens is 543 g/mol. The summed E-state index contributed by atoms with van der Waals surface area (Å²) in [5, 5.41) is 5.77. The van der Waals surface area contributed by atoms with Gasteiger partial charge in [0.2, 0.25) is 17.7 Å². The summed E-state index contributed by atoms with van der Waals surface area (Å²) in [6, 6.07) is -2.20. The zero-order chi connectivity index (χ0) is 29.0. The van der Waals surface area contributed by atoms with Gasteiger partial charge >= 0.3 is 0 Å². The quantitative estimate of drug-likeness (QED) is 0.280. The number of fused-ring (bicyclic) bond motifs is 1. The summed E-state index contributed by atoms with van der Waals surface area (Å²) in [5.41, 5.74) is -0.383. The van der Waals surface area contributed by atoms with E-state index in [0.717, 1.165) is 0 Å². The van der Waals surface area contributed by atoms with Gasteiger partial charge in [0.1, 0.15) is 18.0 Å². The Kier molecular flexibility index (Phi) is 7.87. The lowest BCUT2D eigenvalue weighted by Crippen LogP contribution is -2.60. The molecule has 5 amide bonds. The van der Waals surface area contributed by atoms with E-state index in [0.29, 0.717) is 24.4 Å². The fourth-order valence-electron chi connectivity index (χ4n) is 5.97. The molecule has 1 unspecified atom stereocenters. The normalized spacial score (nSPS) is 31.8. The van der Waals surface area contributed by atoms with Crippen molar-refractivity contribution in [3.8, 4) is 0 Å². The largest absolute Gasteiger partial charge is 0.356 e. The van der Waals surface area contributed by atoms with Crippen molar-refractivity contribution in [1.29, 1.82) is 0 Å². The molecule has 0 radical (unpaired) electrons. The molecule has 2 saturated heterocycles. The maximum atomic E-state index is 13.8. The van der Waals surface area contributed by atoms with Gasteiger partial charge in [0.05, 0.1) is 12.5 Å². The van der Waals surface area contributed by atoms with Crippen molar-refractivity contribution in [3.63, 3.8) is 0 Å². The average molecular weight is 578 g/mol. The smallest absolute Gasteiger partial charge is 0.291 e. The van der Waals surface area contributed by atoms with Crippen molar-refractivity contribution in [2.45, 2.75) is 70.6 Å². The van der Waals surface area contributed by atoms with Crippen molar-refractivity contribution in [2.75, 3.05) is 19.6 Å². The van der Waals surface area contributed by atoms with Gasteiger partial charge < -0.3 is 15.5 Å². The lowest BCUT2D eigenvalue weighted by Gasteiger charge is -2.36. The third-order valence-corrected chi connectivity index (χ3v) is 9.13. The highest BCUT2D eigenvalue weighted by molar-refractivity contribution is 6.29. The Morgan fingerprint density at radius 2 is 1.87 bits per heavy atom. The van der Waals surface area contributed by atoms with Gasteiger partial charge in [0.15, 0.2) is 0 Å². The van der Waals surface area contributed by atoms with Crippen LogP contribution in [0.1, 0.15) is 47.0 Å². The molecule has 3 N–H and O–H groups in total. The van der Waals surface area contributed by atoms with Crippen molar-refractivity contribution < 1.29 is 37.1 Å². The number of hydrogen-bond donors (Lipinski definition) is 3. The number of nitrogens with zero attached hydrogens (tertiary/aromatic N) is 2. The van der Waals surface area contributed by atoms with Crippen LogP contribution in [-0.2, 0) is 24.0 Å². The predicted molar refractivity (Wildman–Crippen MR) is 132 cm³/mol. The maximum absolute atomic E-state index is 13.8. The number of carbonyl (C=O) groups excluding carboxylic acids is 5. The van der Waals surface area contributed by atoms with E-state index < -0.39 is 71.4 Å². The number of piperidine rings is 1. The predicted octanol–water partition coefficient (Wildman–Crippen LogP) is 1.19. The summed E-state index contributed by atoms with van der Waals surface area (Å²) >= 11 is 5.37. The third kappa shape index (κ3) is 5.55. The lowest BCUT2D eigenvalue weighted by molar-refractivity contribution is -0.150. The Balaban J connectivity index is 1.54. The molecule has 0 aromatic rings. The molecule has 4 fully saturated rings. The van der Waals surface area contributed by atoms with Crippen molar-refractivity contribution in [2.24, 2.45) is 35.0 Å². The summed E-state index contributed by atoms with van der Waals surface area (Å²) < 4.78 is 40.8. The monoisotopic (exact) mass is 577 g/mol. The second-order valence-corrected chi connectivity index (χ2v) is 12.2. The molecule has 0 bridgehead atoms. The molecule has 4 aliphatic rings. The third-order valence-electron chi connectivity index (χ3n) is 8.94. The van der Waals surface area contributed by atoms with E-state index in [1.165, 1.54) is 4.90 Å². The van der Waals surface area contributed by atoms with E-state index in [1.54, 1.807) is 13.8 Å². The Hall–Kier alpha value is -2.57. The highest BCUT2D eigenvalue weighted by Crippen LogP contribution is 2.65. The van der Waals surface area contributed by atoms with Crippen LogP contribution in [0.4, 0.5) is 13.2 Å². The molecule has 0 spiro atoms. The van der Waals surface area contributed by atoms with E-state index in [2.05, 4.69) is 16.1 Å². The molecular formula is C25H35ClF3N5O5. The number of amides is 5. The number of nitrogens with one attached hydrogen (secondary N) is 3. The van der Waals surface area contributed by atoms with Crippen LogP contribution in [0, 0.1) is 35.0 Å². The Morgan fingerprint density at radius 3 is 2.38 bits per heavy atom.